The first-order chi connectivity index (χ1) is 15.1. The van der Waals surface area contributed by atoms with Crippen LogP contribution < -0.4 is 5.32 Å². The highest BCUT2D eigenvalue weighted by Gasteiger charge is 2.36. The van der Waals surface area contributed by atoms with Gasteiger partial charge in [-0.25, -0.2) is 0 Å². The van der Waals surface area contributed by atoms with E-state index in [0.717, 1.165) is 29.5 Å². The minimum Gasteiger partial charge on any atom is -0.508 e. The predicted octanol–water partition coefficient (Wildman–Crippen LogP) is 5.85. The van der Waals surface area contributed by atoms with Crippen molar-refractivity contribution in [3.05, 3.63) is 101 Å². The van der Waals surface area contributed by atoms with Gasteiger partial charge < -0.3 is 10.4 Å². The van der Waals surface area contributed by atoms with E-state index in [0.29, 0.717) is 13.0 Å². The van der Waals surface area contributed by atoms with Crippen molar-refractivity contribution in [2.45, 2.75) is 50.4 Å². The Hall–Kier alpha value is -3.07. The van der Waals surface area contributed by atoms with Gasteiger partial charge in [0.2, 0.25) is 5.91 Å². The Kier molecular flexibility index (Phi) is 6.41. The maximum Gasteiger partial charge on any atom is 0.220 e. The number of amides is 1. The topological polar surface area (TPSA) is 49.3 Å². The monoisotopic (exact) mass is 413 g/mol. The summed E-state index contributed by atoms with van der Waals surface area (Å²) in [5, 5.41) is 13.8. The van der Waals surface area contributed by atoms with Crippen molar-refractivity contribution in [1.82, 2.24) is 5.32 Å². The zero-order valence-electron chi connectivity index (χ0n) is 18.2. The maximum absolute atomic E-state index is 13.1. The highest BCUT2D eigenvalue weighted by atomic mass is 16.3. The van der Waals surface area contributed by atoms with Gasteiger partial charge in [-0.05, 0) is 37.0 Å². The zero-order valence-corrected chi connectivity index (χ0v) is 18.2. The molecule has 3 aromatic rings. The molecule has 1 saturated carbocycles. The first kappa shape index (κ1) is 21.2. The van der Waals surface area contributed by atoms with Crippen LogP contribution in [0.15, 0.2) is 78.9 Å². The second kappa shape index (κ2) is 9.38. The second-order valence-electron chi connectivity index (χ2n) is 8.86. The van der Waals surface area contributed by atoms with Crippen LogP contribution in [0.1, 0.15) is 60.3 Å². The Labute approximate surface area is 185 Å². The molecule has 3 heteroatoms. The summed E-state index contributed by atoms with van der Waals surface area (Å²) in [5.74, 6) is 0.0816. The number of nitrogens with one attached hydrogen (secondary N) is 1. The molecule has 4 rings (SSSR count). The van der Waals surface area contributed by atoms with Crippen LogP contribution in [0.5, 0.6) is 5.75 Å². The number of hydrogen-bond donors (Lipinski definition) is 2. The van der Waals surface area contributed by atoms with Gasteiger partial charge in [-0.1, -0.05) is 91.2 Å². The normalized spacial score (nSPS) is 16.0. The molecule has 2 N–H and O–H groups in total. The fraction of sp³-hybridized carbons (Fsp3) is 0.321. The summed E-state index contributed by atoms with van der Waals surface area (Å²) >= 11 is 0. The van der Waals surface area contributed by atoms with Crippen LogP contribution in [-0.4, -0.2) is 17.6 Å². The molecule has 1 fully saturated rings. The Morgan fingerprint density at radius 3 is 2.29 bits per heavy atom. The van der Waals surface area contributed by atoms with Gasteiger partial charge in [0.25, 0.3) is 0 Å². The van der Waals surface area contributed by atoms with Crippen molar-refractivity contribution in [3.63, 3.8) is 0 Å². The van der Waals surface area contributed by atoms with E-state index in [-0.39, 0.29) is 23.0 Å². The number of rotatable bonds is 7. The molecule has 0 heterocycles. The van der Waals surface area contributed by atoms with Gasteiger partial charge in [0.15, 0.2) is 0 Å². The molecule has 0 spiro atoms. The number of benzene rings is 3. The number of aromatic hydroxyl groups is 1. The van der Waals surface area contributed by atoms with Crippen molar-refractivity contribution < 1.29 is 9.90 Å². The fourth-order valence-electron chi connectivity index (χ4n) is 4.98. The van der Waals surface area contributed by atoms with Crippen molar-refractivity contribution in [2.24, 2.45) is 0 Å². The van der Waals surface area contributed by atoms with E-state index in [1.165, 1.54) is 18.4 Å². The Balaban J connectivity index is 1.53. The standard InChI is InChI=1S/C28H31NO2/c1-21-14-15-26(30)25(18-21)24(22-10-4-2-5-11-22)19-27(31)29-20-28(16-8-9-17-28)23-12-6-3-7-13-23/h2-7,10-15,18,24,30H,8-9,16-17,19-20H2,1H3,(H,29,31)/t24-/m0/s1. The Morgan fingerprint density at radius 1 is 0.968 bits per heavy atom. The third-order valence-corrected chi connectivity index (χ3v) is 6.72. The minimum absolute atomic E-state index is 0.0250. The fourth-order valence-corrected chi connectivity index (χ4v) is 4.98. The van der Waals surface area contributed by atoms with Crippen molar-refractivity contribution in [3.8, 4) is 5.75 Å². The second-order valence-corrected chi connectivity index (χ2v) is 8.86. The Bertz CT molecular complexity index is 1010. The van der Waals surface area contributed by atoms with Gasteiger partial charge in [0, 0.05) is 29.9 Å². The van der Waals surface area contributed by atoms with E-state index in [1.807, 2.05) is 55.5 Å². The average Bonchev–Trinajstić information content (AvgIpc) is 3.29. The van der Waals surface area contributed by atoms with Gasteiger partial charge in [-0.2, -0.15) is 0 Å². The molecule has 0 bridgehead atoms. The van der Waals surface area contributed by atoms with Crippen LogP contribution in [-0.2, 0) is 10.2 Å². The van der Waals surface area contributed by atoms with Crippen molar-refractivity contribution in [1.29, 1.82) is 0 Å². The van der Waals surface area contributed by atoms with Gasteiger partial charge in [-0.3, -0.25) is 4.79 Å². The smallest absolute Gasteiger partial charge is 0.220 e. The van der Waals surface area contributed by atoms with Crippen molar-refractivity contribution >= 4 is 5.91 Å². The van der Waals surface area contributed by atoms with E-state index in [4.69, 9.17) is 0 Å². The van der Waals surface area contributed by atoms with Crippen LogP contribution in [0, 0.1) is 6.92 Å². The molecule has 1 aliphatic carbocycles. The quantitative estimate of drug-likeness (QED) is 0.510. The number of carbonyl (C=O) groups excluding carboxylic acids is 1. The highest BCUT2D eigenvalue weighted by Crippen LogP contribution is 2.41. The molecular formula is C28H31NO2. The number of phenols is 1. The first-order valence-corrected chi connectivity index (χ1v) is 11.2. The molecule has 0 unspecified atom stereocenters. The molecule has 0 aliphatic heterocycles. The summed E-state index contributed by atoms with van der Waals surface area (Å²) in [5.41, 5.74) is 4.27. The summed E-state index contributed by atoms with van der Waals surface area (Å²) in [6.07, 6.45) is 4.94. The van der Waals surface area contributed by atoms with Gasteiger partial charge >= 0.3 is 0 Å². The number of hydrogen-bond acceptors (Lipinski definition) is 2. The molecule has 0 radical (unpaired) electrons. The zero-order chi connectivity index (χ0) is 21.7. The summed E-state index contributed by atoms with van der Waals surface area (Å²) < 4.78 is 0. The van der Waals surface area contributed by atoms with Gasteiger partial charge in [0.1, 0.15) is 5.75 Å². The molecule has 1 aliphatic rings. The van der Waals surface area contributed by atoms with Crippen molar-refractivity contribution in [2.75, 3.05) is 6.54 Å². The Morgan fingerprint density at radius 2 is 1.61 bits per heavy atom. The molecule has 0 aromatic heterocycles. The molecule has 1 amide bonds. The summed E-state index contributed by atoms with van der Waals surface area (Å²) in [6.45, 7) is 2.67. The van der Waals surface area contributed by atoms with E-state index >= 15 is 0 Å². The lowest BCUT2D eigenvalue weighted by Crippen LogP contribution is -2.39. The van der Waals surface area contributed by atoms with Crippen LogP contribution in [0.2, 0.25) is 0 Å². The largest absolute Gasteiger partial charge is 0.508 e. The molecule has 3 nitrogen and oxygen atoms in total. The van der Waals surface area contributed by atoms with Crippen LogP contribution in [0.25, 0.3) is 0 Å². The number of carbonyl (C=O) groups is 1. The summed E-state index contributed by atoms with van der Waals surface area (Å²) in [7, 11) is 0. The molecule has 160 valence electrons. The lowest BCUT2D eigenvalue weighted by Gasteiger charge is -2.30. The SMILES string of the molecule is Cc1ccc(O)c([C@@H](CC(=O)NCC2(c3ccccc3)CCCC2)c2ccccc2)c1. The highest BCUT2D eigenvalue weighted by molar-refractivity contribution is 5.78. The molecule has 3 aromatic carbocycles. The lowest BCUT2D eigenvalue weighted by atomic mass is 9.78. The summed E-state index contributed by atoms with van der Waals surface area (Å²) in [4.78, 5) is 13.1. The average molecular weight is 414 g/mol. The van der Waals surface area contributed by atoms with Gasteiger partial charge in [0.05, 0.1) is 0 Å². The minimum atomic E-state index is -0.183. The lowest BCUT2D eigenvalue weighted by molar-refractivity contribution is -0.121. The number of phenolic OH excluding ortho intramolecular Hbond substituents is 1. The van der Waals surface area contributed by atoms with E-state index in [2.05, 4.69) is 29.6 Å². The third kappa shape index (κ3) is 4.82. The molecule has 1 atom stereocenters. The van der Waals surface area contributed by atoms with Crippen LogP contribution in [0.4, 0.5) is 0 Å². The molecule has 0 saturated heterocycles. The third-order valence-electron chi connectivity index (χ3n) is 6.72. The van der Waals surface area contributed by atoms with E-state index < -0.39 is 0 Å². The van der Waals surface area contributed by atoms with Gasteiger partial charge in [-0.15, -0.1) is 0 Å². The maximum atomic E-state index is 13.1. The van der Waals surface area contributed by atoms with E-state index in [1.54, 1.807) is 6.07 Å². The molecular weight excluding hydrogens is 382 g/mol. The van der Waals surface area contributed by atoms with Crippen LogP contribution in [0.3, 0.4) is 0 Å². The number of aryl methyl sites for hydroxylation is 1. The summed E-state index contributed by atoms with van der Waals surface area (Å²) in [6, 6.07) is 26.2. The van der Waals surface area contributed by atoms with E-state index in [9.17, 15) is 9.90 Å². The van der Waals surface area contributed by atoms with Crippen LogP contribution >= 0.6 is 0 Å². The first-order valence-electron chi connectivity index (χ1n) is 11.2. The predicted molar refractivity (Wildman–Crippen MR) is 125 cm³/mol. The molecule has 31 heavy (non-hydrogen) atoms.